The Morgan fingerprint density at radius 2 is 1.88 bits per heavy atom. The number of benzene rings is 1. The van der Waals surface area contributed by atoms with Gasteiger partial charge < -0.3 is 15.2 Å². The van der Waals surface area contributed by atoms with Crippen LogP contribution in [0.25, 0.3) is 10.9 Å². The topological polar surface area (TPSA) is 94.3 Å². The van der Waals surface area contributed by atoms with E-state index in [0.717, 1.165) is 16.6 Å². The number of amides is 4. The van der Waals surface area contributed by atoms with Crippen LogP contribution in [0.4, 0.5) is 4.79 Å². The molecule has 2 saturated heterocycles. The number of imide groups is 1. The summed E-state index contributed by atoms with van der Waals surface area (Å²) >= 11 is 0. The van der Waals surface area contributed by atoms with Crippen LogP contribution in [0.1, 0.15) is 28.9 Å². The first-order chi connectivity index (χ1) is 11.5. The Balaban J connectivity index is 1.57. The van der Waals surface area contributed by atoms with Gasteiger partial charge >= 0.3 is 6.03 Å². The van der Waals surface area contributed by atoms with Crippen molar-refractivity contribution in [3.8, 4) is 0 Å². The number of carbonyl (C=O) groups is 3. The average molecular weight is 326 g/mol. The van der Waals surface area contributed by atoms with Gasteiger partial charge in [-0.3, -0.25) is 14.9 Å². The molecule has 3 heterocycles. The zero-order valence-electron chi connectivity index (χ0n) is 13.3. The number of H-pyrrole nitrogens is 1. The number of nitrogens with zero attached hydrogens (tertiary/aromatic N) is 1. The van der Waals surface area contributed by atoms with E-state index >= 15 is 0 Å². The van der Waals surface area contributed by atoms with E-state index < -0.39 is 11.6 Å². The number of carbonyl (C=O) groups excluding carboxylic acids is 3. The van der Waals surface area contributed by atoms with Crippen molar-refractivity contribution in [2.45, 2.75) is 25.3 Å². The second-order valence-corrected chi connectivity index (χ2v) is 6.45. The Morgan fingerprint density at radius 1 is 1.17 bits per heavy atom. The number of hydrogen-bond donors (Lipinski definition) is 3. The van der Waals surface area contributed by atoms with Crippen LogP contribution in [-0.2, 0) is 4.79 Å². The molecular weight excluding hydrogens is 308 g/mol. The normalized spacial score (nSPS) is 19.6. The highest BCUT2D eigenvalue weighted by Crippen LogP contribution is 2.29. The van der Waals surface area contributed by atoms with E-state index in [1.54, 1.807) is 4.90 Å². The predicted octanol–water partition coefficient (Wildman–Crippen LogP) is 1.29. The molecule has 1 spiro atoms. The standard InChI is InChI=1S/C17H18N4O3/c1-10-13(11-4-2-3-5-12(11)18-10)14(22)21-8-6-17(7-9-21)15(23)19-16(24)20-17/h2-5,18H,6-9H2,1H3,(H2,19,20,23,24). The van der Waals surface area contributed by atoms with Crippen molar-refractivity contribution >= 4 is 28.7 Å². The summed E-state index contributed by atoms with van der Waals surface area (Å²) in [4.78, 5) is 41.3. The maximum Gasteiger partial charge on any atom is 0.322 e. The molecular formula is C17H18N4O3. The van der Waals surface area contributed by atoms with Crippen LogP contribution in [0.2, 0.25) is 0 Å². The van der Waals surface area contributed by atoms with E-state index in [9.17, 15) is 14.4 Å². The van der Waals surface area contributed by atoms with Crippen molar-refractivity contribution in [1.29, 1.82) is 0 Å². The largest absolute Gasteiger partial charge is 0.358 e. The first-order valence-electron chi connectivity index (χ1n) is 8.00. The summed E-state index contributed by atoms with van der Waals surface area (Å²) in [6.45, 7) is 2.76. The molecule has 2 fully saturated rings. The van der Waals surface area contributed by atoms with Gasteiger partial charge in [-0.1, -0.05) is 18.2 Å². The quantitative estimate of drug-likeness (QED) is 0.689. The third kappa shape index (κ3) is 2.08. The Labute approximate surface area is 138 Å². The third-order valence-electron chi connectivity index (χ3n) is 5.03. The van der Waals surface area contributed by atoms with Gasteiger partial charge in [-0.25, -0.2) is 4.79 Å². The van der Waals surface area contributed by atoms with Crippen LogP contribution in [-0.4, -0.2) is 46.4 Å². The molecule has 0 saturated carbocycles. The summed E-state index contributed by atoms with van der Waals surface area (Å²) in [5, 5.41) is 5.90. The lowest BCUT2D eigenvalue weighted by atomic mass is 9.87. The van der Waals surface area contributed by atoms with Crippen LogP contribution >= 0.6 is 0 Å². The molecule has 0 atom stereocenters. The Bertz CT molecular complexity index is 862. The number of hydrogen-bond acceptors (Lipinski definition) is 3. The summed E-state index contributed by atoms with van der Waals surface area (Å²) in [5.74, 6) is -0.326. The molecule has 2 aliphatic rings. The first kappa shape index (κ1) is 14.7. The van der Waals surface area contributed by atoms with Gasteiger partial charge in [0, 0.05) is 29.7 Å². The fraction of sp³-hybridized carbons (Fsp3) is 0.353. The van der Waals surface area contributed by atoms with E-state index in [1.807, 2.05) is 31.2 Å². The summed E-state index contributed by atoms with van der Waals surface area (Å²) in [6, 6.07) is 7.27. The number of piperidine rings is 1. The molecule has 1 aromatic carbocycles. The number of fused-ring (bicyclic) bond motifs is 1. The fourth-order valence-electron chi connectivity index (χ4n) is 3.68. The first-order valence-corrected chi connectivity index (χ1v) is 8.00. The molecule has 24 heavy (non-hydrogen) atoms. The Kier molecular flexibility index (Phi) is 3.13. The van der Waals surface area contributed by atoms with Gasteiger partial charge in [-0.05, 0) is 25.8 Å². The highest BCUT2D eigenvalue weighted by atomic mass is 16.2. The van der Waals surface area contributed by atoms with Gasteiger partial charge in [0.05, 0.1) is 5.56 Å². The van der Waals surface area contributed by atoms with Gasteiger partial charge in [-0.15, -0.1) is 0 Å². The Hall–Kier alpha value is -2.83. The molecule has 2 aromatic rings. The second-order valence-electron chi connectivity index (χ2n) is 6.45. The minimum Gasteiger partial charge on any atom is -0.358 e. The molecule has 4 rings (SSSR count). The number of para-hydroxylation sites is 1. The van der Waals surface area contributed by atoms with E-state index in [2.05, 4.69) is 15.6 Å². The van der Waals surface area contributed by atoms with Gasteiger partial charge in [0.25, 0.3) is 11.8 Å². The summed E-state index contributed by atoms with van der Waals surface area (Å²) < 4.78 is 0. The molecule has 0 radical (unpaired) electrons. The van der Waals surface area contributed by atoms with Gasteiger partial charge in [0.1, 0.15) is 5.54 Å². The SMILES string of the molecule is Cc1[nH]c2ccccc2c1C(=O)N1CCC2(CC1)NC(=O)NC2=O. The van der Waals surface area contributed by atoms with Crippen molar-refractivity contribution in [2.75, 3.05) is 13.1 Å². The smallest absolute Gasteiger partial charge is 0.322 e. The zero-order valence-corrected chi connectivity index (χ0v) is 13.3. The number of rotatable bonds is 1. The summed E-state index contributed by atoms with van der Waals surface area (Å²) in [5.41, 5.74) is 1.60. The van der Waals surface area contributed by atoms with E-state index in [4.69, 9.17) is 0 Å². The summed E-state index contributed by atoms with van der Waals surface area (Å²) in [7, 11) is 0. The van der Waals surface area contributed by atoms with E-state index in [1.165, 1.54) is 0 Å². The number of aryl methyl sites for hydroxylation is 1. The van der Waals surface area contributed by atoms with E-state index in [-0.39, 0.29) is 11.8 Å². The van der Waals surface area contributed by atoms with Crippen LogP contribution in [0.15, 0.2) is 24.3 Å². The number of aromatic amines is 1. The number of urea groups is 1. The fourth-order valence-corrected chi connectivity index (χ4v) is 3.68. The van der Waals surface area contributed by atoms with Crippen LogP contribution in [0, 0.1) is 6.92 Å². The average Bonchev–Trinajstić information content (AvgIpc) is 3.03. The van der Waals surface area contributed by atoms with Crippen molar-refractivity contribution in [3.63, 3.8) is 0 Å². The minimum atomic E-state index is -0.858. The molecule has 1 aromatic heterocycles. The molecule has 7 heteroatoms. The minimum absolute atomic E-state index is 0.0375. The predicted molar refractivity (Wildman–Crippen MR) is 87.6 cm³/mol. The summed E-state index contributed by atoms with van der Waals surface area (Å²) in [6.07, 6.45) is 0.857. The lowest BCUT2D eigenvalue weighted by Gasteiger charge is -2.37. The number of aromatic nitrogens is 1. The van der Waals surface area contributed by atoms with E-state index in [0.29, 0.717) is 31.5 Å². The van der Waals surface area contributed by atoms with Gasteiger partial charge in [-0.2, -0.15) is 0 Å². The van der Waals surface area contributed by atoms with Crippen molar-refractivity contribution in [3.05, 3.63) is 35.5 Å². The lowest BCUT2D eigenvalue weighted by Crippen LogP contribution is -2.55. The van der Waals surface area contributed by atoms with Gasteiger partial charge in [0.15, 0.2) is 0 Å². The maximum atomic E-state index is 13.0. The van der Waals surface area contributed by atoms with Crippen LogP contribution in [0.5, 0.6) is 0 Å². The maximum absolute atomic E-state index is 13.0. The third-order valence-corrected chi connectivity index (χ3v) is 5.03. The molecule has 124 valence electrons. The van der Waals surface area contributed by atoms with Crippen LogP contribution < -0.4 is 10.6 Å². The highest BCUT2D eigenvalue weighted by molar-refractivity contribution is 6.09. The van der Waals surface area contributed by atoms with Crippen molar-refractivity contribution in [2.24, 2.45) is 0 Å². The van der Waals surface area contributed by atoms with Crippen LogP contribution in [0.3, 0.4) is 0 Å². The molecule has 2 aliphatic heterocycles. The van der Waals surface area contributed by atoms with Crippen molar-refractivity contribution in [1.82, 2.24) is 20.5 Å². The molecule has 0 bridgehead atoms. The number of nitrogens with one attached hydrogen (secondary N) is 3. The number of likely N-dealkylation sites (tertiary alicyclic amines) is 1. The highest BCUT2D eigenvalue weighted by Gasteiger charge is 2.48. The second kappa shape index (κ2) is 5.09. The zero-order chi connectivity index (χ0) is 16.9. The molecule has 0 unspecified atom stereocenters. The molecule has 3 N–H and O–H groups in total. The van der Waals surface area contributed by atoms with Crippen molar-refractivity contribution < 1.29 is 14.4 Å². The molecule has 7 nitrogen and oxygen atoms in total. The molecule has 0 aliphatic carbocycles. The van der Waals surface area contributed by atoms with Gasteiger partial charge in [0.2, 0.25) is 0 Å². The lowest BCUT2D eigenvalue weighted by molar-refractivity contribution is -0.125. The monoisotopic (exact) mass is 326 g/mol. The molecule has 4 amide bonds. The Morgan fingerprint density at radius 3 is 2.54 bits per heavy atom.